The summed E-state index contributed by atoms with van der Waals surface area (Å²) in [6.45, 7) is 1.86. The van der Waals surface area contributed by atoms with Crippen LogP contribution < -0.4 is 11.1 Å². The van der Waals surface area contributed by atoms with Crippen LogP contribution in [0.3, 0.4) is 0 Å². The number of amides is 1. The fourth-order valence-electron chi connectivity index (χ4n) is 2.04. The molecule has 0 bridgehead atoms. The molecule has 3 N–H and O–H groups in total. The van der Waals surface area contributed by atoms with Crippen molar-refractivity contribution in [1.82, 2.24) is 14.6 Å². The Morgan fingerprint density at radius 2 is 2.17 bits per heavy atom. The number of nitrogen functional groups attached to an aromatic ring is 1. The van der Waals surface area contributed by atoms with Gasteiger partial charge < -0.3 is 11.1 Å². The number of hydrogen-bond acceptors (Lipinski definition) is 5. The van der Waals surface area contributed by atoms with Gasteiger partial charge in [-0.05, 0) is 36.8 Å². The Hall–Kier alpha value is -2.25. The van der Waals surface area contributed by atoms with Crippen molar-refractivity contribution < 1.29 is 4.79 Å². The lowest BCUT2D eigenvalue weighted by molar-refractivity contribution is -0.113. The van der Waals surface area contributed by atoms with Crippen molar-refractivity contribution in [3.63, 3.8) is 0 Å². The van der Waals surface area contributed by atoms with Crippen molar-refractivity contribution in [1.29, 1.82) is 0 Å². The maximum Gasteiger partial charge on any atom is 0.234 e. The number of hydrogen-bond donors (Lipinski definition) is 2. The number of nitrogens with two attached hydrogens (primary N) is 1. The van der Waals surface area contributed by atoms with Crippen molar-refractivity contribution in [2.75, 3.05) is 16.8 Å². The third-order valence-electron chi connectivity index (χ3n) is 3.27. The number of nitrogens with zero attached hydrogens (tertiary/aromatic N) is 3. The first kappa shape index (κ1) is 15.6. The third kappa shape index (κ3) is 3.40. The zero-order valence-electron chi connectivity index (χ0n) is 12.3. The van der Waals surface area contributed by atoms with Crippen molar-refractivity contribution in [3.05, 3.63) is 47.1 Å². The quantitative estimate of drug-likeness (QED) is 0.708. The minimum absolute atomic E-state index is 0.138. The van der Waals surface area contributed by atoms with E-state index < -0.39 is 0 Å². The molecule has 0 aliphatic heterocycles. The second kappa shape index (κ2) is 6.47. The fraction of sp³-hybridized carbons (Fsp3) is 0.133. The molecule has 0 spiro atoms. The standard InChI is InChI=1S/C15H14ClN5OS/c1-9-11(16)3-2-4-12(9)18-14(22)8-23-15-20-19-13-6-5-10(17)7-21(13)15/h2-7H,8,17H2,1H3,(H,18,22). The van der Waals surface area contributed by atoms with Gasteiger partial charge in [-0.15, -0.1) is 10.2 Å². The number of rotatable bonds is 4. The highest BCUT2D eigenvalue weighted by atomic mass is 35.5. The van der Waals surface area contributed by atoms with Gasteiger partial charge in [0, 0.05) is 22.6 Å². The molecule has 8 heteroatoms. The van der Waals surface area contributed by atoms with Crippen LogP contribution in [0, 0.1) is 6.92 Å². The number of benzene rings is 1. The minimum Gasteiger partial charge on any atom is -0.398 e. The van der Waals surface area contributed by atoms with E-state index in [2.05, 4.69) is 15.5 Å². The number of fused-ring (bicyclic) bond motifs is 1. The summed E-state index contributed by atoms with van der Waals surface area (Å²) in [6, 6.07) is 8.94. The van der Waals surface area contributed by atoms with E-state index in [1.165, 1.54) is 11.8 Å². The van der Waals surface area contributed by atoms with Crippen LogP contribution in [0.1, 0.15) is 5.56 Å². The Morgan fingerprint density at radius 1 is 1.35 bits per heavy atom. The number of thioether (sulfide) groups is 1. The molecule has 0 radical (unpaired) electrons. The van der Waals surface area contributed by atoms with Crippen molar-refractivity contribution in [2.24, 2.45) is 0 Å². The number of aromatic nitrogens is 3. The molecule has 1 amide bonds. The lowest BCUT2D eigenvalue weighted by Crippen LogP contribution is -2.15. The van der Waals surface area contributed by atoms with E-state index in [0.717, 1.165) is 5.56 Å². The Bertz CT molecular complexity index is 879. The number of nitrogens with one attached hydrogen (secondary N) is 1. The van der Waals surface area contributed by atoms with Gasteiger partial charge in [-0.2, -0.15) is 0 Å². The molecule has 0 aliphatic rings. The molecule has 0 fully saturated rings. The Morgan fingerprint density at radius 3 is 3.00 bits per heavy atom. The van der Waals surface area contributed by atoms with Gasteiger partial charge in [0.1, 0.15) is 0 Å². The first-order chi connectivity index (χ1) is 11.0. The number of halogens is 1. The van der Waals surface area contributed by atoms with Gasteiger partial charge in [-0.1, -0.05) is 29.4 Å². The Labute approximate surface area is 142 Å². The lowest BCUT2D eigenvalue weighted by atomic mass is 10.2. The molecule has 23 heavy (non-hydrogen) atoms. The Balaban J connectivity index is 1.69. The molecule has 0 unspecified atom stereocenters. The maximum atomic E-state index is 12.1. The average Bonchev–Trinajstić information content (AvgIpc) is 2.92. The Kier molecular flexibility index (Phi) is 4.40. The monoisotopic (exact) mass is 347 g/mol. The minimum atomic E-state index is -0.138. The van der Waals surface area contributed by atoms with Gasteiger partial charge in [0.05, 0.1) is 5.75 Å². The summed E-state index contributed by atoms with van der Waals surface area (Å²) in [5.41, 5.74) is 8.61. The summed E-state index contributed by atoms with van der Waals surface area (Å²) in [5, 5.41) is 12.2. The highest BCUT2D eigenvalue weighted by Gasteiger charge is 2.11. The average molecular weight is 348 g/mol. The molecule has 0 saturated heterocycles. The molecule has 0 atom stereocenters. The number of anilines is 2. The second-order valence-electron chi connectivity index (χ2n) is 4.92. The SMILES string of the molecule is Cc1c(Cl)cccc1NC(=O)CSc1nnc2ccc(N)cn12. The van der Waals surface area contributed by atoms with Crippen LogP contribution in [0.2, 0.25) is 5.02 Å². The van der Waals surface area contributed by atoms with Crippen LogP contribution in [0.25, 0.3) is 5.65 Å². The first-order valence-electron chi connectivity index (χ1n) is 6.82. The van der Waals surface area contributed by atoms with Gasteiger partial charge in [-0.25, -0.2) is 0 Å². The molecule has 2 heterocycles. The van der Waals surface area contributed by atoms with E-state index in [1.54, 1.807) is 34.9 Å². The lowest BCUT2D eigenvalue weighted by Gasteiger charge is -2.09. The largest absolute Gasteiger partial charge is 0.398 e. The van der Waals surface area contributed by atoms with E-state index in [-0.39, 0.29) is 11.7 Å². The molecule has 3 aromatic rings. The van der Waals surface area contributed by atoms with E-state index in [1.807, 2.05) is 13.0 Å². The summed E-state index contributed by atoms with van der Waals surface area (Å²) in [6.07, 6.45) is 1.73. The van der Waals surface area contributed by atoms with E-state index >= 15 is 0 Å². The number of carbonyl (C=O) groups excluding carboxylic acids is 1. The van der Waals surface area contributed by atoms with Gasteiger partial charge in [0.15, 0.2) is 10.8 Å². The highest BCUT2D eigenvalue weighted by Crippen LogP contribution is 2.24. The van der Waals surface area contributed by atoms with Gasteiger partial charge in [0.2, 0.25) is 5.91 Å². The van der Waals surface area contributed by atoms with Gasteiger partial charge >= 0.3 is 0 Å². The van der Waals surface area contributed by atoms with E-state index in [0.29, 0.717) is 27.2 Å². The predicted octanol–water partition coefficient (Wildman–Crippen LogP) is 3.00. The van der Waals surface area contributed by atoms with Crippen LogP contribution in [0.4, 0.5) is 11.4 Å². The maximum absolute atomic E-state index is 12.1. The summed E-state index contributed by atoms with van der Waals surface area (Å²) < 4.78 is 1.76. The van der Waals surface area contributed by atoms with Gasteiger partial charge in [0.25, 0.3) is 0 Å². The molecule has 6 nitrogen and oxygen atoms in total. The molecular weight excluding hydrogens is 334 g/mol. The third-order valence-corrected chi connectivity index (χ3v) is 4.62. The number of pyridine rings is 1. The summed E-state index contributed by atoms with van der Waals surface area (Å²) in [5.74, 6) is 0.0719. The molecule has 0 aliphatic carbocycles. The smallest absolute Gasteiger partial charge is 0.234 e. The molecular formula is C15H14ClN5OS. The van der Waals surface area contributed by atoms with Crippen LogP contribution in [0.15, 0.2) is 41.7 Å². The fourth-order valence-corrected chi connectivity index (χ4v) is 2.93. The number of carbonyl (C=O) groups is 1. The van der Waals surface area contributed by atoms with Crippen molar-refractivity contribution in [2.45, 2.75) is 12.1 Å². The van der Waals surface area contributed by atoms with Crippen LogP contribution >= 0.6 is 23.4 Å². The normalized spacial score (nSPS) is 10.9. The molecule has 3 rings (SSSR count). The van der Waals surface area contributed by atoms with Crippen LogP contribution in [-0.2, 0) is 4.79 Å². The highest BCUT2D eigenvalue weighted by molar-refractivity contribution is 7.99. The predicted molar refractivity (Wildman–Crippen MR) is 92.9 cm³/mol. The van der Waals surface area contributed by atoms with Crippen LogP contribution in [-0.4, -0.2) is 26.3 Å². The summed E-state index contributed by atoms with van der Waals surface area (Å²) in [7, 11) is 0. The zero-order valence-corrected chi connectivity index (χ0v) is 13.9. The molecule has 1 aromatic carbocycles. The molecule has 0 saturated carbocycles. The summed E-state index contributed by atoms with van der Waals surface area (Å²) in [4.78, 5) is 12.1. The van der Waals surface area contributed by atoms with Crippen molar-refractivity contribution in [3.8, 4) is 0 Å². The van der Waals surface area contributed by atoms with Gasteiger partial charge in [-0.3, -0.25) is 9.20 Å². The zero-order chi connectivity index (χ0) is 16.4. The second-order valence-corrected chi connectivity index (χ2v) is 6.27. The first-order valence-corrected chi connectivity index (χ1v) is 8.19. The van der Waals surface area contributed by atoms with E-state index in [9.17, 15) is 4.79 Å². The molecule has 2 aromatic heterocycles. The van der Waals surface area contributed by atoms with Crippen LogP contribution in [0.5, 0.6) is 0 Å². The topological polar surface area (TPSA) is 85.3 Å². The summed E-state index contributed by atoms with van der Waals surface area (Å²) >= 11 is 7.34. The molecule has 118 valence electrons. The van der Waals surface area contributed by atoms with E-state index in [4.69, 9.17) is 17.3 Å². The van der Waals surface area contributed by atoms with Crippen molar-refractivity contribution >= 4 is 46.3 Å².